The topological polar surface area (TPSA) is 3.24 Å². The van der Waals surface area contributed by atoms with Crippen LogP contribution in [0.4, 0.5) is 0 Å². The molecule has 2 atom stereocenters. The van der Waals surface area contributed by atoms with E-state index in [0.29, 0.717) is 12.1 Å². The summed E-state index contributed by atoms with van der Waals surface area (Å²) in [4.78, 5) is 2.71. The molecule has 4 aromatic carbocycles. The van der Waals surface area contributed by atoms with Crippen molar-refractivity contribution in [2.24, 2.45) is 0 Å². The number of likely N-dealkylation sites (N-methyl/N-ethyl adjacent to an activating group) is 1. The lowest BCUT2D eigenvalue weighted by molar-refractivity contribution is -0.961. The molecule has 0 N–H and O–H groups in total. The molecule has 6 rings (SSSR count). The van der Waals surface area contributed by atoms with Gasteiger partial charge in [0.2, 0.25) is 0 Å². The number of hydrogen-bond donors (Lipinski definition) is 0. The van der Waals surface area contributed by atoms with Crippen molar-refractivity contribution in [3.8, 4) is 0 Å². The van der Waals surface area contributed by atoms with Gasteiger partial charge in [0, 0.05) is 29.8 Å². The van der Waals surface area contributed by atoms with Crippen molar-refractivity contribution in [2.75, 3.05) is 7.05 Å². The molecule has 2 nitrogen and oxygen atoms in total. The molecule has 33 heavy (non-hydrogen) atoms. The molecule has 0 saturated heterocycles. The van der Waals surface area contributed by atoms with Crippen LogP contribution in [0.1, 0.15) is 45.5 Å². The van der Waals surface area contributed by atoms with E-state index in [4.69, 9.17) is 0 Å². The predicted molar refractivity (Wildman–Crippen MR) is 134 cm³/mol. The summed E-state index contributed by atoms with van der Waals surface area (Å²) in [5.41, 5.74) is 8.78. The standard InChI is InChI=1S/C31H31N2/c1-33(22-28-18-10-11-19-29(28)23-33)31(25-14-6-3-7-15-25)30(24-12-4-2-5-13-24)32-20-26-16-8-9-17-27(26)21-32/h2-19,30-31H,20-23H2,1H3/q+1/t30-,31-/m1/s1. The molecular weight excluding hydrogens is 400 g/mol. The highest BCUT2D eigenvalue weighted by Gasteiger charge is 2.47. The van der Waals surface area contributed by atoms with Gasteiger partial charge in [0.15, 0.2) is 0 Å². The maximum absolute atomic E-state index is 2.71. The molecule has 0 aliphatic carbocycles. The van der Waals surface area contributed by atoms with Crippen molar-refractivity contribution in [3.05, 3.63) is 143 Å². The SMILES string of the molecule is C[N+]1([C@H](c2ccccc2)[C@@H](c2ccccc2)N2Cc3ccccc3C2)Cc2ccccc2C1. The molecule has 0 bridgehead atoms. The fourth-order valence-electron chi connectivity index (χ4n) is 6.23. The first-order chi connectivity index (χ1) is 16.2. The van der Waals surface area contributed by atoms with Crippen molar-refractivity contribution in [1.29, 1.82) is 0 Å². The molecule has 4 aromatic rings. The Kier molecular flexibility index (Phi) is 5.13. The first kappa shape index (κ1) is 20.4. The molecule has 0 spiro atoms. The molecule has 0 fully saturated rings. The van der Waals surface area contributed by atoms with E-state index in [1.807, 2.05) is 0 Å². The largest absolute Gasteiger partial charge is 0.311 e. The van der Waals surface area contributed by atoms with Gasteiger partial charge in [0.25, 0.3) is 0 Å². The van der Waals surface area contributed by atoms with Crippen LogP contribution in [0.25, 0.3) is 0 Å². The first-order valence-electron chi connectivity index (χ1n) is 12.0. The minimum atomic E-state index is 0.292. The third-order valence-electron chi connectivity index (χ3n) is 7.69. The smallest absolute Gasteiger partial charge is 0.135 e. The zero-order valence-electron chi connectivity index (χ0n) is 19.3. The van der Waals surface area contributed by atoms with Crippen molar-refractivity contribution in [1.82, 2.24) is 4.90 Å². The number of fused-ring (bicyclic) bond motifs is 2. The third kappa shape index (κ3) is 3.70. The van der Waals surface area contributed by atoms with Gasteiger partial charge in [0.1, 0.15) is 19.1 Å². The molecule has 2 heteroatoms. The van der Waals surface area contributed by atoms with Crippen LogP contribution in [-0.4, -0.2) is 16.4 Å². The van der Waals surface area contributed by atoms with Gasteiger partial charge >= 0.3 is 0 Å². The molecular formula is C31H31N2+. The van der Waals surface area contributed by atoms with Gasteiger partial charge in [-0.2, -0.15) is 0 Å². The molecule has 2 heterocycles. The first-order valence-corrected chi connectivity index (χ1v) is 12.0. The highest BCUT2D eigenvalue weighted by atomic mass is 15.4. The molecule has 2 aliphatic heterocycles. The molecule has 0 saturated carbocycles. The zero-order valence-corrected chi connectivity index (χ0v) is 19.3. The van der Waals surface area contributed by atoms with Crippen molar-refractivity contribution in [3.63, 3.8) is 0 Å². The van der Waals surface area contributed by atoms with E-state index in [1.54, 1.807) is 0 Å². The highest BCUT2D eigenvalue weighted by Crippen LogP contribution is 2.48. The molecule has 0 unspecified atom stereocenters. The summed E-state index contributed by atoms with van der Waals surface area (Å²) in [5, 5.41) is 0. The Bertz CT molecular complexity index is 1200. The number of nitrogens with zero attached hydrogens (tertiary/aromatic N) is 2. The van der Waals surface area contributed by atoms with Gasteiger partial charge < -0.3 is 4.48 Å². The van der Waals surface area contributed by atoms with Crippen LogP contribution in [0.3, 0.4) is 0 Å². The lowest BCUT2D eigenvalue weighted by Crippen LogP contribution is -2.48. The average Bonchev–Trinajstić information content (AvgIpc) is 3.44. The summed E-state index contributed by atoms with van der Waals surface area (Å²) in [6.07, 6.45) is 0. The van der Waals surface area contributed by atoms with E-state index in [0.717, 1.165) is 30.7 Å². The number of benzene rings is 4. The zero-order chi connectivity index (χ0) is 22.3. The maximum Gasteiger partial charge on any atom is 0.135 e. The molecule has 0 amide bonds. The minimum absolute atomic E-state index is 0.292. The Morgan fingerprint density at radius 1 is 0.545 bits per heavy atom. The van der Waals surface area contributed by atoms with Gasteiger partial charge in [-0.1, -0.05) is 109 Å². The Morgan fingerprint density at radius 2 is 0.970 bits per heavy atom. The van der Waals surface area contributed by atoms with Gasteiger partial charge in [-0.15, -0.1) is 0 Å². The van der Waals surface area contributed by atoms with Crippen LogP contribution in [0.2, 0.25) is 0 Å². The second kappa shape index (κ2) is 8.30. The van der Waals surface area contributed by atoms with E-state index in [-0.39, 0.29) is 0 Å². The van der Waals surface area contributed by atoms with Gasteiger partial charge in [-0.25, -0.2) is 0 Å². The van der Waals surface area contributed by atoms with Crippen LogP contribution in [0, 0.1) is 0 Å². The average molecular weight is 432 g/mol. The Morgan fingerprint density at radius 3 is 1.48 bits per heavy atom. The Labute approximate surface area is 197 Å². The fourth-order valence-corrected chi connectivity index (χ4v) is 6.23. The molecule has 164 valence electrons. The van der Waals surface area contributed by atoms with E-state index < -0.39 is 0 Å². The molecule has 2 aliphatic rings. The lowest BCUT2D eigenvalue weighted by atomic mass is 9.89. The summed E-state index contributed by atoms with van der Waals surface area (Å²) in [6, 6.07) is 41.1. The van der Waals surface area contributed by atoms with Gasteiger partial charge in [-0.05, 0) is 16.7 Å². The van der Waals surface area contributed by atoms with Crippen molar-refractivity contribution < 1.29 is 4.48 Å². The fraction of sp³-hybridized carbons (Fsp3) is 0.226. The normalized spacial score (nSPS) is 18.5. The monoisotopic (exact) mass is 431 g/mol. The Balaban J connectivity index is 1.49. The van der Waals surface area contributed by atoms with Gasteiger partial charge in [-0.3, -0.25) is 4.90 Å². The predicted octanol–water partition coefficient (Wildman–Crippen LogP) is 6.65. The van der Waals surface area contributed by atoms with Crippen molar-refractivity contribution >= 4 is 0 Å². The highest BCUT2D eigenvalue weighted by molar-refractivity contribution is 5.34. The second-order valence-electron chi connectivity index (χ2n) is 9.95. The van der Waals surface area contributed by atoms with E-state index in [2.05, 4.69) is 121 Å². The van der Waals surface area contributed by atoms with E-state index >= 15 is 0 Å². The third-order valence-corrected chi connectivity index (χ3v) is 7.69. The summed E-state index contributed by atoms with van der Waals surface area (Å²) in [7, 11) is 2.47. The maximum atomic E-state index is 2.71. The van der Waals surface area contributed by atoms with Crippen LogP contribution in [-0.2, 0) is 26.2 Å². The summed E-state index contributed by atoms with van der Waals surface area (Å²) in [6.45, 7) is 4.15. The summed E-state index contributed by atoms with van der Waals surface area (Å²) in [5.74, 6) is 0. The van der Waals surface area contributed by atoms with Crippen LogP contribution in [0.5, 0.6) is 0 Å². The van der Waals surface area contributed by atoms with Crippen molar-refractivity contribution in [2.45, 2.75) is 38.3 Å². The Hall–Kier alpha value is -3.20. The number of quaternary nitrogens is 1. The number of rotatable bonds is 5. The van der Waals surface area contributed by atoms with E-state index in [1.165, 1.54) is 33.4 Å². The molecule has 0 aromatic heterocycles. The molecule has 0 radical (unpaired) electrons. The quantitative estimate of drug-likeness (QED) is 0.320. The number of hydrogen-bond acceptors (Lipinski definition) is 1. The van der Waals surface area contributed by atoms with Crippen LogP contribution >= 0.6 is 0 Å². The van der Waals surface area contributed by atoms with Gasteiger partial charge in [0.05, 0.1) is 13.1 Å². The summed E-state index contributed by atoms with van der Waals surface area (Å²) < 4.78 is 0.996. The van der Waals surface area contributed by atoms with Crippen LogP contribution in [0.15, 0.2) is 109 Å². The summed E-state index contributed by atoms with van der Waals surface area (Å²) >= 11 is 0. The van der Waals surface area contributed by atoms with Crippen LogP contribution < -0.4 is 0 Å². The minimum Gasteiger partial charge on any atom is -0.311 e. The second-order valence-corrected chi connectivity index (χ2v) is 9.95. The lowest BCUT2D eigenvalue weighted by Gasteiger charge is -2.45. The van der Waals surface area contributed by atoms with E-state index in [9.17, 15) is 0 Å².